The molecule has 1 unspecified atom stereocenters. The predicted octanol–water partition coefficient (Wildman–Crippen LogP) is 5.62. The van der Waals surface area contributed by atoms with Crippen molar-refractivity contribution in [2.75, 3.05) is 13.7 Å². The van der Waals surface area contributed by atoms with Crippen LogP contribution in [0.15, 0.2) is 23.9 Å². The van der Waals surface area contributed by atoms with E-state index in [0.717, 1.165) is 63.4 Å². The van der Waals surface area contributed by atoms with Crippen LogP contribution in [0.1, 0.15) is 108 Å². The van der Waals surface area contributed by atoms with Crippen molar-refractivity contribution in [1.29, 1.82) is 0 Å². The number of ether oxygens (including phenoxy) is 2. The molecule has 5 heterocycles. The minimum Gasteiger partial charge on any atom is -0.468 e. The van der Waals surface area contributed by atoms with Crippen LogP contribution in [-0.2, 0) is 31.9 Å². The van der Waals surface area contributed by atoms with Crippen molar-refractivity contribution in [2.24, 2.45) is 17.8 Å². The molecule has 9 heteroatoms. The molecule has 4 atom stereocenters. The van der Waals surface area contributed by atoms with Crippen molar-refractivity contribution in [1.82, 2.24) is 20.3 Å². The fourth-order valence-electron chi connectivity index (χ4n) is 8.22. The molecule has 6 rings (SSSR count). The Kier molecular flexibility index (Phi) is 9.71. The summed E-state index contributed by atoms with van der Waals surface area (Å²) in [6, 6.07) is -0.418. The summed E-state index contributed by atoms with van der Waals surface area (Å²) in [5.74, 6) is -2.37. The van der Waals surface area contributed by atoms with Gasteiger partial charge in [0.25, 0.3) is 0 Å². The Balaban J connectivity index is 1.56. The molecule has 264 valence electrons. The molecule has 3 aromatic rings. The lowest BCUT2D eigenvalue weighted by molar-refractivity contribution is -0.143. The van der Waals surface area contributed by atoms with Crippen LogP contribution < -0.4 is 16.0 Å². The molecule has 0 amide bonds. The Labute approximate surface area is 294 Å². The highest BCUT2D eigenvalue weighted by atomic mass is 16.5. The summed E-state index contributed by atoms with van der Waals surface area (Å²) >= 11 is 0. The van der Waals surface area contributed by atoms with Crippen LogP contribution in [0, 0.1) is 38.5 Å². The lowest BCUT2D eigenvalue weighted by Gasteiger charge is -2.25. The number of hydrogen-bond acceptors (Lipinski definition) is 6. The molecule has 9 nitrogen and oxygen atoms in total. The molecule has 1 aliphatic carbocycles. The second-order valence-corrected chi connectivity index (χ2v) is 14.0. The van der Waals surface area contributed by atoms with Crippen molar-refractivity contribution in [2.45, 2.75) is 86.6 Å². The summed E-state index contributed by atoms with van der Waals surface area (Å²) in [5.41, 5.74) is 12.9. The van der Waals surface area contributed by atoms with Gasteiger partial charge in [-0.2, -0.15) is 0 Å². The van der Waals surface area contributed by atoms with E-state index in [-0.39, 0.29) is 36.6 Å². The number of allylic oxidation sites excluding steroid dienone is 2. The van der Waals surface area contributed by atoms with Gasteiger partial charge in [-0.15, -0.1) is 0 Å². The summed E-state index contributed by atoms with van der Waals surface area (Å²) in [4.78, 5) is 51.7. The first kappa shape index (κ1) is 35.1. The number of carbonyl (C=O) groups excluding carboxylic acids is 3. The normalized spacial score (nSPS) is 22.8. The second kappa shape index (κ2) is 13.8. The Morgan fingerprint density at radius 1 is 1.02 bits per heavy atom. The van der Waals surface area contributed by atoms with E-state index in [2.05, 4.69) is 73.6 Å². The number of fused-ring (bicyclic) bond motifs is 8. The fraction of sp³-hybridized carbons (Fsp3) is 0.439. The number of rotatable bonds is 9. The molecule has 0 spiro atoms. The minimum absolute atomic E-state index is 0.0315. The zero-order valence-electron chi connectivity index (χ0n) is 30.6. The van der Waals surface area contributed by atoms with E-state index in [1.807, 2.05) is 26.0 Å². The Bertz CT molecular complexity index is 2080. The number of hydrogen-bond donors (Lipinski definition) is 4. The third-order valence-electron chi connectivity index (χ3n) is 11.4. The van der Waals surface area contributed by atoms with Gasteiger partial charge < -0.3 is 29.7 Å². The van der Waals surface area contributed by atoms with Gasteiger partial charge in [0.1, 0.15) is 12.5 Å². The molecule has 0 aromatic carbocycles. The van der Waals surface area contributed by atoms with Crippen LogP contribution >= 0.6 is 0 Å². The zero-order chi connectivity index (χ0) is 36.0. The number of nitrogens with one attached hydrogen (secondary N) is 4. The number of aromatic amines is 3. The smallest absolute Gasteiger partial charge is 0.320 e. The van der Waals surface area contributed by atoms with Crippen molar-refractivity contribution in [3.05, 3.63) is 90.8 Å². The van der Waals surface area contributed by atoms with Gasteiger partial charge in [-0.3, -0.25) is 14.4 Å². The third-order valence-corrected chi connectivity index (χ3v) is 11.4. The van der Waals surface area contributed by atoms with Crippen molar-refractivity contribution < 1.29 is 23.9 Å². The highest BCUT2D eigenvalue weighted by Gasteiger charge is 2.49. The van der Waals surface area contributed by atoms with Gasteiger partial charge >= 0.3 is 11.9 Å². The quantitative estimate of drug-likeness (QED) is 0.132. The van der Waals surface area contributed by atoms with Gasteiger partial charge in [-0.1, -0.05) is 39.0 Å². The fourth-order valence-corrected chi connectivity index (χ4v) is 8.22. The van der Waals surface area contributed by atoms with Crippen molar-refractivity contribution in [3.63, 3.8) is 0 Å². The maximum absolute atomic E-state index is 14.2. The first-order valence-electron chi connectivity index (χ1n) is 17.8. The van der Waals surface area contributed by atoms with Crippen LogP contribution in [-0.4, -0.2) is 52.4 Å². The van der Waals surface area contributed by atoms with Crippen LogP contribution in [0.4, 0.5) is 0 Å². The van der Waals surface area contributed by atoms with Gasteiger partial charge in [0, 0.05) is 58.1 Å². The topological polar surface area (TPSA) is 129 Å². The molecule has 3 aromatic heterocycles. The van der Waals surface area contributed by atoms with Crippen molar-refractivity contribution >= 4 is 41.5 Å². The molecular weight excluding hydrogens is 628 g/mol. The third kappa shape index (κ3) is 5.90. The van der Waals surface area contributed by atoms with Crippen LogP contribution in [0.5, 0.6) is 0 Å². The summed E-state index contributed by atoms with van der Waals surface area (Å²) in [7, 11) is 1.32. The summed E-state index contributed by atoms with van der Waals surface area (Å²) in [6.45, 7) is 19.0. The minimum atomic E-state index is -1.09. The predicted molar refractivity (Wildman–Crippen MR) is 197 cm³/mol. The Hall–Kier alpha value is -4.79. The molecule has 3 aliphatic rings. The molecular formula is C41H50N4O5. The molecule has 1 fully saturated rings. The average Bonchev–Trinajstić information content (AvgIpc) is 3.84. The van der Waals surface area contributed by atoms with Crippen LogP contribution in [0.2, 0.25) is 0 Å². The number of H-pyrrole nitrogens is 3. The SMILES string of the molecule is C=Cc1c2[nH]c(c1C)/C=C1/NC(C3=c4[nH]/c(c(C)c4C(=O)[C@@H]3C(=O)OC)=C\c3[nH]c(c(C)c3CC)C2)[C@@H](CCC(=O)OC/C=C(\C)CC)[C@@H]1C. The standard InChI is InChI=1S/C41H50N4O5/c1-10-20(4)15-16-50-34(46)14-13-27-23(7)30-17-28-21(5)25(11-2)32(42-28)18-29-22(6)26(12-3)33(43-29)19-31-24(8)35-39(45-31)36(38(27)44-30)37(40(35)47)41(48)49-9/h11,15,17,19,23,27,37-38,42-45H,2,10,12-14,16,18H2,1,3-9H3/b20-15+,30-17+,31-19-/t23-,27-,37+,38?/m0/s1. The summed E-state index contributed by atoms with van der Waals surface area (Å²) in [6.07, 6.45) is 11.2. The number of carbonyl (C=O) groups is 3. The van der Waals surface area contributed by atoms with Gasteiger partial charge in [0.15, 0.2) is 5.78 Å². The molecule has 1 saturated heterocycles. The number of aromatic nitrogens is 3. The largest absolute Gasteiger partial charge is 0.468 e. The second-order valence-electron chi connectivity index (χ2n) is 14.0. The van der Waals surface area contributed by atoms with E-state index in [9.17, 15) is 14.4 Å². The zero-order valence-corrected chi connectivity index (χ0v) is 30.6. The maximum Gasteiger partial charge on any atom is 0.320 e. The lowest BCUT2D eigenvalue weighted by Crippen LogP contribution is -2.38. The highest BCUT2D eigenvalue weighted by molar-refractivity contribution is 6.19. The Morgan fingerprint density at radius 2 is 1.76 bits per heavy atom. The van der Waals surface area contributed by atoms with Gasteiger partial charge in [-0.25, -0.2) is 0 Å². The number of methoxy groups -OCH3 is 1. The number of Topliss-reactive ketones (excluding diaryl/α,β-unsaturated/α-hetero) is 1. The highest BCUT2D eigenvalue weighted by Crippen LogP contribution is 2.42. The molecule has 8 bridgehead atoms. The number of ketones is 1. The average molecular weight is 679 g/mol. The number of esters is 2. The van der Waals surface area contributed by atoms with E-state index in [4.69, 9.17) is 9.47 Å². The van der Waals surface area contributed by atoms with Crippen LogP contribution in [0.25, 0.3) is 23.8 Å². The molecule has 0 radical (unpaired) electrons. The monoisotopic (exact) mass is 678 g/mol. The van der Waals surface area contributed by atoms with Crippen molar-refractivity contribution in [3.8, 4) is 0 Å². The molecule has 0 saturated carbocycles. The molecule has 50 heavy (non-hydrogen) atoms. The Morgan fingerprint density at radius 3 is 2.44 bits per heavy atom. The van der Waals surface area contributed by atoms with Gasteiger partial charge in [-0.05, 0) is 104 Å². The van der Waals surface area contributed by atoms with Gasteiger partial charge in [0.2, 0.25) is 0 Å². The van der Waals surface area contributed by atoms with E-state index in [1.165, 1.54) is 23.8 Å². The molecule has 4 N–H and O–H groups in total. The van der Waals surface area contributed by atoms with E-state index in [0.29, 0.717) is 29.3 Å². The van der Waals surface area contributed by atoms with E-state index in [1.54, 1.807) is 0 Å². The molecule has 2 aliphatic heterocycles. The van der Waals surface area contributed by atoms with Gasteiger partial charge in [0.05, 0.1) is 18.5 Å². The first-order chi connectivity index (χ1) is 23.9. The first-order valence-corrected chi connectivity index (χ1v) is 17.8. The summed E-state index contributed by atoms with van der Waals surface area (Å²) in [5, 5.41) is 5.24. The van der Waals surface area contributed by atoms with E-state index >= 15 is 0 Å². The van der Waals surface area contributed by atoms with Crippen LogP contribution in [0.3, 0.4) is 0 Å². The summed E-state index contributed by atoms with van der Waals surface area (Å²) < 4.78 is 10.8. The maximum atomic E-state index is 14.2. The lowest BCUT2D eigenvalue weighted by atomic mass is 9.80. The van der Waals surface area contributed by atoms with E-state index < -0.39 is 17.9 Å².